The molecule has 0 aromatic heterocycles. The molecule has 0 bridgehead atoms. The summed E-state index contributed by atoms with van der Waals surface area (Å²) >= 11 is 1.88. The van der Waals surface area contributed by atoms with Gasteiger partial charge in [-0.15, -0.1) is 0 Å². The van der Waals surface area contributed by atoms with Crippen molar-refractivity contribution in [1.82, 2.24) is 5.32 Å². The second-order valence-corrected chi connectivity index (χ2v) is 7.46. The number of carbonyl (C=O) groups excluding carboxylic acids is 1. The lowest BCUT2D eigenvalue weighted by Gasteiger charge is -2.37. The van der Waals surface area contributed by atoms with Crippen molar-refractivity contribution < 1.29 is 10.0 Å². The predicted octanol–water partition coefficient (Wildman–Crippen LogP) is 2.47. The molecule has 2 saturated carbocycles. The minimum Gasteiger partial charge on any atom is -0.409 e. The molecular weight excluding hydrogens is 286 g/mol. The topological polar surface area (TPSA) is 87.7 Å². The lowest BCUT2D eigenvalue weighted by molar-refractivity contribution is -0.130. The molecule has 120 valence electrons. The Morgan fingerprint density at radius 2 is 2.00 bits per heavy atom. The highest BCUT2D eigenvalue weighted by Crippen LogP contribution is 2.37. The zero-order valence-corrected chi connectivity index (χ0v) is 13.6. The second kappa shape index (κ2) is 7.38. The number of amides is 1. The van der Waals surface area contributed by atoms with Crippen LogP contribution in [0.3, 0.4) is 0 Å². The van der Waals surface area contributed by atoms with Crippen LogP contribution in [-0.2, 0) is 4.79 Å². The summed E-state index contributed by atoms with van der Waals surface area (Å²) in [4.78, 5) is 12.8. The average molecular weight is 313 g/mol. The van der Waals surface area contributed by atoms with Crippen molar-refractivity contribution in [2.45, 2.75) is 69.1 Å². The molecule has 5 nitrogen and oxygen atoms in total. The van der Waals surface area contributed by atoms with E-state index in [9.17, 15) is 4.79 Å². The summed E-state index contributed by atoms with van der Waals surface area (Å²) in [7, 11) is 0. The van der Waals surface area contributed by atoms with Gasteiger partial charge in [-0.2, -0.15) is 11.8 Å². The number of rotatable bonds is 4. The van der Waals surface area contributed by atoms with Crippen molar-refractivity contribution >= 4 is 23.5 Å². The second-order valence-electron chi connectivity index (χ2n) is 6.32. The van der Waals surface area contributed by atoms with Crippen molar-refractivity contribution in [1.29, 1.82) is 0 Å². The highest BCUT2D eigenvalue weighted by atomic mass is 32.2. The molecular formula is C15H27N3O2S. The molecule has 6 heteroatoms. The van der Waals surface area contributed by atoms with Crippen LogP contribution in [0, 0.1) is 5.41 Å². The van der Waals surface area contributed by atoms with Crippen molar-refractivity contribution in [2.24, 2.45) is 16.3 Å². The quantitative estimate of drug-likeness (QED) is 0.322. The van der Waals surface area contributed by atoms with Gasteiger partial charge in [0.05, 0.1) is 0 Å². The minimum absolute atomic E-state index is 0.0377. The Kier molecular flexibility index (Phi) is 5.79. The average Bonchev–Trinajstić information content (AvgIpc) is 2.54. The van der Waals surface area contributed by atoms with Crippen molar-refractivity contribution in [3.8, 4) is 0 Å². The van der Waals surface area contributed by atoms with E-state index < -0.39 is 5.41 Å². The maximum Gasteiger partial charge on any atom is 0.234 e. The Bertz CT molecular complexity index is 394. The van der Waals surface area contributed by atoms with Gasteiger partial charge in [-0.05, 0) is 38.4 Å². The van der Waals surface area contributed by atoms with Gasteiger partial charge >= 0.3 is 0 Å². The molecule has 0 aliphatic heterocycles. The number of hydrogen-bond acceptors (Lipinski definition) is 4. The van der Waals surface area contributed by atoms with Crippen LogP contribution in [0.2, 0.25) is 0 Å². The lowest BCUT2D eigenvalue weighted by atomic mass is 9.72. The van der Waals surface area contributed by atoms with Gasteiger partial charge in [0.1, 0.15) is 5.41 Å². The Labute approximate surface area is 131 Å². The van der Waals surface area contributed by atoms with E-state index in [1.807, 2.05) is 11.8 Å². The van der Waals surface area contributed by atoms with Gasteiger partial charge in [0.2, 0.25) is 5.91 Å². The molecule has 2 atom stereocenters. The molecule has 2 unspecified atom stereocenters. The summed E-state index contributed by atoms with van der Waals surface area (Å²) in [6.07, 6.45) is 11.0. The number of nitrogens with two attached hydrogens (primary N) is 1. The molecule has 21 heavy (non-hydrogen) atoms. The van der Waals surface area contributed by atoms with Gasteiger partial charge < -0.3 is 16.3 Å². The van der Waals surface area contributed by atoms with E-state index in [1.54, 1.807) is 0 Å². The van der Waals surface area contributed by atoms with E-state index in [-0.39, 0.29) is 17.8 Å². The first-order valence-corrected chi connectivity index (χ1v) is 9.23. The molecule has 2 rings (SSSR count). The first-order valence-electron chi connectivity index (χ1n) is 7.94. The Morgan fingerprint density at radius 1 is 1.29 bits per heavy atom. The fourth-order valence-corrected chi connectivity index (χ4v) is 4.49. The molecule has 0 radical (unpaired) electrons. The fraction of sp³-hybridized carbons (Fsp3) is 0.867. The number of carbonyl (C=O) groups is 1. The van der Waals surface area contributed by atoms with E-state index in [4.69, 9.17) is 10.9 Å². The first-order chi connectivity index (χ1) is 10.1. The Hall–Kier alpha value is -0.910. The van der Waals surface area contributed by atoms with E-state index in [0.717, 1.165) is 38.5 Å². The number of hydrogen-bond donors (Lipinski definition) is 3. The van der Waals surface area contributed by atoms with Crippen LogP contribution >= 0.6 is 11.8 Å². The zero-order valence-electron chi connectivity index (χ0n) is 12.8. The van der Waals surface area contributed by atoms with E-state index in [1.165, 1.54) is 6.42 Å². The van der Waals surface area contributed by atoms with Crippen LogP contribution < -0.4 is 11.1 Å². The molecule has 0 aromatic carbocycles. The monoisotopic (exact) mass is 313 g/mol. The zero-order chi connectivity index (χ0) is 15.3. The maximum atomic E-state index is 12.8. The molecule has 2 aliphatic carbocycles. The molecule has 0 heterocycles. The van der Waals surface area contributed by atoms with Gasteiger partial charge in [0.15, 0.2) is 5.84 Å². The van der Waals surface area contributed by atoms with Gasteiger partial charge in [0.25, 0.3) is 0 Å². The SMILES string of the molecule is CSC1CCCC(NC(=O)C2(C(N)=NO)CCCCC2)C1. The molecule has 0 spiro atoms. The highest BCUT2D eigenvalue weighted by Gasteiger charge is 2.44. The summed E-state index contributed by atoms with van der Waals surface area (Å²) in [6, 6.07) is 0.231. The number of nitrogens with one attached hydrogen (secondary N) is 1. The van der Waals surface area contributed by atoms with Gasteiger partial charge in [-0.25, -0.2) is 0 Å². The Balaban J connectivity index is 2.05. The third kappa shape index (κ3) is 3.65. The molecule has 0 aromatic rings. The van der Waals surface area contributed by atoms with Crippen molar-refractivity contribution in [3.05, 3.63) is 0 Å². The Morgan fingerprint density at radius 3 is 2.62 bits per heavy atom. The van der Waals surface area contributed by atoms with Crippen LogP contribution in [0.4, 0.5) is 0 Å². The van der Waals surface area contributed by atoms with Crippen molar-refractivity contribution in [2.75, 3.05) is 6.26 Å². The van der Waals surface area contributed by atoms with Crippen LogP contribution in [0.25, 0.3) is 0 Å². The van der Waals surface area contributed by atoms with Crippen LogP contribution in [0.5, 0.6) is 0 Å². The minimum atomic E-state index is -0.792. The summed E-state index contributed by atoms with van der Waals surface area (Å²) < 4.78 is 0. The summed E-state index contributed by atoms with van der Waals surface area (Å²) in [5, 5.41) is 16.0. The molecule has 1 amide bonds. The maximum absolute atomic E-state index is 12.8. The van der Waals surface area contributed by atoms with Gasteiger partial charge in [0, 0.05) is 11.3 Å². The van der Waals surface area contributed by atoms with Gasteiger partial charge in [-0.1, -0.05) is 30.8 Å². The van der Waals surface area contributed by atoms with Crippen molar-refractivity contribution in [3.63, 3.8) is 0 Å². The van der Waals surface area contributed by atoms with Crippen LogP contribution in [-0.4, -0.2) is 34.5 Å². The lowest BCUT2D eigenvalue weighted by Crippen LogP contribution is -2.54. The molecule has 2 aliphatic rings. The fourth-order valence-electron chi connectivity index (χ4n) is 3.66. The first kappa shape index (κ1) is 16.5. The molecule has 2 fully saturated rings. The number of amidine groups is 1. The molecule has 4 N–H and O–H groups in total. The highest BCUT2D eigenvalue weighted by molar-refractivity contribution is 7.99. The molecule has 0 saturated heterocycles. The van der Waals surface area contributed by atoms with E-state index in [2.05, 4.69) is 16.7 Å². The standard InChI is InChI=1S/C15H27N3O2S/c1-21-12-7-5-6-11(10-12)17-14(19)15(13(16)18-20)8-3-2-4-9-15/h11-12,20H,2-10H2,1H3,(H2,16,18)(H,17,19). The van der Waals surface area contributed by atoms with Gasteiger partial charge in [-0.3, -0.25) is 4.79 Å². The predicted molar refractivity (Wildman–Crippen MR) is 86.6 cm³/mol. The third-order valence-electron chi connectivity index (χ3n) is 5.03. The smallest absolute Gasteiger partial charge is 0.234 e. The van der Waals surface area contributed by atoms with Crippen LogP contribution in [0.15, 0.2) is 5.16 Å². The summed E-state index contributed by atoms with van der Waals surface area (Å²) in [5.74, 6) is 0.0428. The summed E-state index contributed by atoms with van der Waals surface area (Å²) in [5.41, 5.74) is 5.08. The summed E-state index contributed by atoms with van der Waals surface area (Å²) in [6.45, 7) is 0. The van der Waals surface area contributed by atoms with E-state index in [0.29, 0.717) is 18.1 Å². The number of thioether (sulfide) groups is 1. The van der Waals surface area contributed by atoms with Crippen LogP contribution in [0.1, 0.15) is 57.8 Å². The number of nitrogens with zero attached hydrogens (tertiary/aromatic N) is 1. The largest absolute Gasteiger partial charge is 0.409 e. The normalized spacial score (nSPS) is 29.9. The number of oxime groups is 1. The third-order valence-corrected chi connectivity index (χ3v) is 6.13. The van der Waals surface area contributed by atoms with E-state index >= 15 is 0 Å².